The van der Waals surface area contributed by atoms with Gasteiger partial charge in [0, 0.05) is 30.9 Å². The molecule has 2 aromatic carbocycles. The lowest BCUT2D eigenvalue weighted by molar-refractivity contribution is -0.121. The van der Waals surface area contributed by atoms with Gasteiger partial charge < -0.3 is 10.6 Å². The highest BCUT2D eigenvalue weighted by molar-refractivity contribution is 7.89. The molecule has 0 radical (unpaired) electrons. The van der Waals surface area contributed by atoms with Gasteiger partial charge in [-0.05, 0) is 73.6 Å². The van der Waals surface area contributed by atoms with Gasteiger partial charge in [-0.3, -0.25) is 9.59 Å². The first-order chi connectivity index (χ1) is 15.4. The molecule has 0 aromatic heterocycles. The van der Waals surface area contributed by atoms with Crippen molar-refractivity contribution in [1.82, 2.24) is 4.31 Å². The molecule has 0 aliphatic carbocycles. The summed E-state index contributed by atoms with van der Waals surface area (Å²) < 4.78 is 28.1. The fourth-order valence-electron chi connectivity index (χ4n) is 4.35. The Morgan fingerprint density at radius 1 is 1.16 bits per heavy atom. The Balaban J connectivity index is 1.49. The van der Waals surface area contributed by atoms with Gasteiger partial charge in [-0.25, -0.2) is 8.42 Å². The van der Waals surface area contributed by atoms with E-state index in [1.165, 1.54) is 4.31 Å². The number of rotatable bonds is 5. The standard InChI is InChI=1S/C24H29N3O4S/c1-2-17-6-3-9-20(14-17)25-24(29)19-8-5-13-27(16-19)32(30,31)21-11-12-22-18(15-21)7-4-10-23(28)26-22/h3,6,9,11-12,14-15,19H,2,4-5,7-8,10,13,16H2,1H3,(H,25,29)(H,26,28). The molecule has 32 heavy (non-hydrogen) atoms. The lowest BCUT2D eigenvalue weighted by atomic mass is 9.98. The van der Waals surface area contributed by atoms with E-state index < -0.39 is 15.9 Å². The van der Waals surface area contributed by atoms with Crippen molar-refractivity contribution in [3.8, 4) is 0 Å². The van der Waals surface area contributed by atoms with Crippen molar-refractivity contribution < 1.29 is 18.0 Å². The van der Waals surface area contributed by atoms with Gasteiger partial charge in [0.1, 0.15) is 0 Å². The van der Waals surface area contributed by atoms with Gasteiger partial charge in [-0.2, -0.15) is 4.31 Å². The smallest absolute Gasteiger partial charge is 0.243 e. The number of amides is 2. The molecule has 2 aromatic rings. The van der Waals surface area contributed by atoms with Crippen LogP contribution >= 0.6 is 0 Å². The minimum absolute atomic E-state index is 0.0475. The predicted octanol–water partition coefficient (Wildman–Crippen LogP) is 3.56. The Morgan fingerprint density at radius 2 is 2.00 bits per heavy atom. The number of piperidine rings is 1. The molecule has 1 atom stereocenters. The normalized spacial score (nSPS) is 19.5. The summed E-state index contributed by atoms with van der Waals surface area (Å²) in [5, 5.41) is 5.78. The second-order valence-corrected chi connectivity index (χ2v) is 10.4. The van der Waals surface area contributed by atoms with Crippen LogP contribution in [0, 0.1) is 5.92 Å². The largest absolute Gasteiger partial charge is 0.326 e. The molecule has 2 N–H and O–H groups in total. The van der Waals surface area contributed by atoms with Gasteiger partial charge in [-0.1, -0.05) is 19.1 Å². The number of carbonyl (C=O) groups is 2. The quantitative estimate of drug-likeness (QED) is 0.721. The van der Waals surface area contributed by atoms with Gasteiger partial charge in [0.2, 0.25) is 21.8 Å². The number of sulfonamides is 1. The molecule has 2 heterocycles. The predicted molar refractivity (Wildman–Crippen MR) is 124 cm³/mol. The molecule has 170 valence electrons. The number of benzene rings is 2. The summed E-state index contributed by atoms with van der Waals surface area (Å²) >= 11 is 0. The first-order valence-electron chi connectivity index (χ1n) is 11.2. The summed E-state index contributed by atoms with van der Waals surface area (Å²) in [5.74, 6) is -0.597. The van der Waals surface area contributed by atoms with E-state index in [0.29, 0.717) is 44.3 Å². The molecule has 4 rings (SSSR count). The van der Waals surface area contributed by atoms with E-state index in [1.54, 1.807) is 18.2 Å². The Bertz CT molecular complexity index is 1130. The van der Waals surface area contributed by atoms with Gasteiger partial charge in [0.15, 0.2) is 0 Å². The van der Waals surface area contributed by atoms with E-state index in [9.17, 15) is 18.0 Å². The number of carbonyl (C=O) groups excluding carboxylic acids is 2. The number of hydrogen-bond donors (Lipinski definition) is 2. The Labute approximate surface area is 189 Å². The minimum Gasteiger partial charge on any atom is -0.326 e. The third-order valence-electron chi connectivity index (χ3n) is 6.20. The van der Waals surface area contributed by atoms with Crippen molar-refractivity contribution in [2.24, 2.45) is 5.92 Å². The molecule has 2 amide bonds. The Hall–Kier alpha value is -2.71. The average Bonchev–Trinajstić information content (AvgIpc) is 2.99. The van der Waals surface area contributed by atoms with Crippen molar-refractivity contribution in [1.29, 1.82) is 0 Å². The maximum Gasteiger partial charge on any atom is 0.243 e. The molecular weight excluding hydrogens is 426 g/mol. The maximum absolute atomic E-state index is 13.3. The molecule has 1 fully saturated rings. The molecule has 8 heteroatoms. The fourth-order valence-corrected chi connectivity index (χ4v) is 5.92. The summed E-state index contributed by atoms with van der Waals surface area (Å²) in [7, 11) is -3.73. The van der Waals surface area contributed by atoms with Crippen LogP contribution in [-0.4, -0.2) is 37.6 Å². The highest BCUT2D eigenvalue weighted by Crippen LogP contribution is 2.29. The van der Waals surface area contributed by atoms with E-state index >= 15 is 0 Å². The van der Waals surface area contributed by atoms with Crippen molar-refractivity contribution in [2.45, 2.75) is 50.3 Å². The van der Waals surface area contributed by atoms with E-state index in [2.05, 4.69) is 17.6 Å². The molecular formula is C24H29N3O4S. The Morgan fingerprint density at radius 3 is 2.81 bits per heavy atom. The summed E-state index contributed by atoms with van der Waals surface area (Å²) in [4.78, 5) is 24.8. The third-order valence-corrected chi connectivity index (χ3v) is 8.06. The number of anilines is 2. The van der Waals surface area contributed by atoms with E-state index in [4.69, 9.17) is 0 Å². The van der Waals surface area contributed by atoms with Crippen LogP contribution in [-0.2, 0) is 32.5 Å². The number of nitrogens with zero attached hydrogens (tertiary/aromatic N) is 1. The third kappa shape index (κ3) is 4.86. The van der Waals surface area contributed by atoms with Crippen molar-refractivity contribution in [3.63, 3.8) is 0 Å². The molecule has 1 unspecified atom stereocenters. The van der Waals surface area contributed by atoms with Crippen molar-refractivity contribution in [3.05, 3.63) is 53.6 Å². The van der Waals surface area contributed by atoms with Crippen LogP contribution < -0.4 is 10.6 Å². The topological polar surface area (TPSA) is 95.6 Å². The summed E-state index contributed by atoms with van der Waals surface area (Å²) in [6.45, 7) is 2.61. The van der Waals surface area contributed by atoms with Crippen LogP contribution in [0.1, 0.15) is 43.7 Å². The fraction of sp³-hybridized carbons (Fsp3) is 0.417. The van der Waals surface area contributed by atoms with E-state index in [1.807, 2.05) is 24.3 Å². The van der Waals surface area contributed by atoms with Crippen LogP contribution in [0.5, 0.6) is 0 Å². The van der Waals surface area contributed by atoms with Gasteiger partial charge in [-0.15, -0.1) is 0 Å². The number of nitrogens with one attached hydrogen (secondary N) is 2. The lowest BCUT2D eigenvalue weighted by Gasteiger charge is -2.31. The molecule has 0 saturated carbocycles. The second kappa shape index (κ2) is 9.42. The highest BCUT2D eigenvalue weighted by Gasteiger charge is 2.33. The zero-order chi connectivity index (χ0) is 22.7. The zero-order valence-corrected chi connectivity index (χ0v) is 19.1. The maximum atomic E-state index is 13.3. The van der Waals surface area contributed by atoms with Crippen molar-refractivity contribution in [2.75, 3.05) is 23.7 Å². The summed E-state index contributed by atoms with van der Waals surface area (Å²) in [6.07, 6.45) is 3.94. The zero-order valence-electron chi connectivity index (χ0n) is 18.3. The van der Waals surface area contributed by atoms with Crippen molar-refractivity contribution >= 4 is 33.2 Å². The van der Waals surface area contributed by atoms with Crippen LogP contribution in [0.3, 0.4) is 0 Å². The summed E-state index contributed by atoms with van der Waals surface area (Å²) in [5.41, 5.74) is 3.38. The van der Waals surface area contributed by atoms with Crippen LogP contribution in [0.2, 0.25) is 0 Å². The number of hydrogen-bond acceptors (Lipinski definition) is 4. The average molecular weight is 456 g/mol. The first-order valence-corrected chi connectivity index (χ1v) is 12.6. The lowest BCUT2D eigenvalue weighted by Crippen LogP contribution is -2.43. The Kier molecular flexibility index (Phi) is 6.62. The van der Waals surface area contributed by atoms with Gasteiger partial charge in [0.05, 0.1) is 10.8 Å². The minimum atomic E-state index is -3.73. The van der Waals surface area contributed by atoms with E-state index in [-0.39, 0.29) is 23.3 Å². The monoisotopic (exact) mass is 455 g/mol. The SMILES string of the molecule is CCc1cccc(NC(=O)C2CCCN(S(=O)(=O)c3ccc4c(c3)CCCC(=O)N4)C2)c1. The molecule has 0 bridgehead atoms. The molecule has 1 saturated heterocycles. The first kappa shape index (κ1) is 22.5. The van der Waals surface area contributed by atoms with Crippen LogP contribution in [0.15, 0.2) is 47.4 Å². The van der Waals surface area contributed by atoms with E-state index in [0.717, 1.165) is 23.2 Å². The second-order valence-electron chi connectivity index (χ2n) is 8.47. The van der Waals surface area contributed by atoms with Gasteiger partial charge in [0.25, 0.3) is 0 Å². The molecule has 2 aliphatic heterocycles. The summed E-state index contributed by atoms with van der Waals surface area (Å²) in [6, 6.07) is 12.6. The molecule has 0 spiro atoms. The van der Waals surface area contributed by atoms with Gasteiger partial charge >= 0.3 is 0 Å². The molecule has 2 aliphatic rings. The number of aryl methyl sites for hydroxylation is 2. The van der Waals surface area contributed by atoms with Crippen LogP contribution in [0.25, 0.3) is 0 Å². The molecule has 7 nitrogen and oxygen atoms in total. The highest BCUT2D eigenvalue weighted by atomic mass is 32.2. The number of fused-ring (bicyclic) bond motifs is 1. The van der Waals surface area contributed by atoms with Crippen LogP contribution in [0.4, 0.5) is 11.4 Å².